The van der Waals surface area contributed by atoms with E-state index < -0.39 is 0 Å². The van der Waals surface area contributed by atoms with Gasteiger partial charge in [-0.15, -0.1) is 0 Å². The van der Waals surface area contributed by atoms with Gasteiger partial charge in [-0.2, -0.15) is 0 Å². The number of oxime groups is 1. The highest BCUT2D eigenvalue weighted by molar-refractivity contribution is 5.84. The highest BCUT2D eigenvalue weighted by Crippen LogP contribution is 2.09. The normalized spacial score (nSPS) is 21.4. The zero-order valence-electron chi connectivity index (χ0n) is 12.0. The number of hydrogen-bond acceptors (Lipinski definition) is 4. The monoisotopic (exact) mass is 256 g/mol. The van der Waals surface area contributed by atoms with Gasteiger partial charge in [0.25, 0.3) is 0 Å². The third kappa shape index (κ3) is 4.82. The number of nitrogens with two attached hydrogens (primary N) is 1. The summed E-state index contributed by atoms with van der Waals surface area (Å²) in [6, 6.07) is 0.0350. The number of piperazine rings is 1. The zero-order chi connectivity index (χ0) is 13.5. The fourth-order valence-electron chi connectivity index (χ4n) is 2.37. The lowest BCUT2D eigenvalue weighted by molar-refractivity contribution is 0.118. The third-order valence-electron chi connectivity index (χ3n) is 3.75. The molecule has 0 aromatic heterocycles. The summed E-state index contributed by atoms with van der Waals surface area (Å²) in [5.74, 6) is 1.11. The number of rotatable bonds is 6. The minimum absolute atomic E-state index is 0.0350. The molecule has 0 radical (unpaired) electrons. The van der Waals surface area contributed by atoms with Crippen molar-refractivity contribution in [1.82, 2.24) is 9.80 Å². The highest BCUT2D eigenvalue weighted by Gasteiger charge is 2.22. The van der Waals surface area contributed by atoms with Crippen LogP contribution in [0, 0.1) is 5.92 Å². The molecule has 0 aromatic rings. The standard InChI is InChI=1S/C13H28N4O/c1-11(2)5-4-6-16-7-9-17(10-8-16)12(3)13(14)15-18/h11-12,18H,4-10H2,1-3H3,(H2,14,15). The molecule has 5 heteroatoms. The molecule has 1 aliphatic rings. The van der Waals surface area contributed by atoms with Gasteiger partial charge in [0.1, 0.15) is 0 Å². The Balaban J connectivity index is 2.24. The largest absolute Gasteiger partial charge is 0.409 e. The second kappa shape index (κ2) is 7.59. The van der Waals surface area contributed by atoms with Gasteiger partial charge in [-0.25, -0.2) is 0 Å². The molecule has 1 saturated heterocycles. The Morgan fingerprint density at radius 2 is 1.83 bits per heavy atom. The first-order valence-corrected chi connectivity index (χ1v) is 6.98. The van der Waals surface area contributed by atoms with Gasteiger partial charge < -0.3 is 15.8 Å². The van der Waals surface area contributed by atoms with Gasteiger partial charge in [-0.3, -0.25) is 4.90 Å². The quantitative estimate of drug-likeness (QED) is 0.324. The van der Waals surface area contributed by atoms with Crippen molar-refractivity contribution < 1.29 is 5.21 Å². The lowest BCUT2D eigenvalue weighted by Crippen LogP contribution is -2.53. The zero-order valence-corrected chi connectivity index (χ0v) is 12.0. The Hall–Kier alpha value is -0.810. The predicted octanol–water partition coefficient (Wildman–Crippen LogP) is 1.18. The lowest BCUT2D eigenvalue weighted by Gasteiger charge is -2.37. The summed E-state index contributed by atoms with van der Waals surface area (Å²) in [7, 11) is 0. The summed E-state index contributed by atoms with van der Waals surface area (Å²) < 4.78 is 0. The van der Waals surface area contributed by atoms with Crippen LogP contribution in [0.4, 0.5) is 0 Å². The van der Waals surface area contributed by atoms with Crippen LogP contribution in [0.15, 0.2) is 5.16 Å². The molecule has 3 N–H and O–H groups in total. The van der Waals surface area contributed by atoms with Crippen LogP contribution < -0.4 is 5.73 Å². The van der Waals surface area contributed by atoms with Crippen molar-refractivity contribution in [3.8, 4) is 0 Å². The molecule has 1 atom stereocenters. The molecule has 0 spiro atoms. The van der Waals surface area contributed by atoms with Gasteiger partial charge in [0.15, 0.2) is 5.84 Å². The van der Waals surface area contributed by atoms with E-state index in [2.05, 4.69) is 28.8 Å². The summed E-state index contributed by atoms with van der Waals surface area (Å²) in [4.78, 5) is 4.78. The van der Waals surface area contributed by atoms with Crippen molar-refractivity contribution in [2.24, 2.45) is 16.8 Å². The van der Waals surface area contributed by atoms with Crippen molar-refractivity contribution in [3.05, 3.63) is 0 Å². The van der Waals surface area contributed by atoms with E-state index in [1.54, 1.807) is 0 Å². The van der Waals surface area contributed by atoms with E-state index >= 15 is 0 Å². The Bertz CT molecular complexity index is 260. The molecule has 1 rings (SSSR count). The second-order valence-electron chi connectivity index (χ2n) is 5.61. The minimum Gasteiger partial charge on any atom is -0.409 e. The van der Waals surface area contributed by atoms with Crippen molar-refractivity contribution in [3.63, 3.8) is 0 Å². The predicted molar refractivity (Wildman–Crippen MR) is 75.0 cm³/mol. The first-order chi connectivity index (χ1) is 8.54. The molecule has 0 saturated carbocycles. The molecule has 0 bridgehead atoms. The van der Waals surface area contributed by atoms with E-state index in [0.29, 0.717) is 5.84 Å². The van der Waals surface area contributed by atoms with Crippen LogP contribution in [-0.4, -0.2) is 59.6 Å². The average Bonchev–Trinajstić information content (AvgIpc) is 2.37. The van der Waals surface area contributed by atoms with Crippen LogP contribution in [0.1, 0.15) is 33.6 Å². The number of amidine groups is 1. The first kappa shape index (κ1) is 15.2. The van der Waals surface area contributed by atoms with Crippen LogP contribution in [0.25, 0.3) is 0 Å². The Kier molecular flexibility index (Phi) is 6.43. The Labute approximate surface area is 111 Å². The van der Waals surface area contributed by atoms with E-state index in [9.17, 15) is 0 Å². The van der Waals surface area contributed by atoms with Gasteiger partial charge in [-0.1, -0.05) is 19.0 Å². The van der Waals surface area contributed by atoms with Crippen LogP contribution in [0.5, 0.6) is 0 Å². The summed E-state index contributed by atoms with van der Waals surface area (Å²) in [5.41, 5.74) is 5.64. The molecule has 0 aromatic carbocycles. The van der Waals surface area contributed by atoms with Gasteiger partial charge in [-0.05, 0) is 32.2 Å². The smallest absolute Gasteiger partial charge is 0.156 e. The van der Waals surface area contributed by atoms with Gasteiger partial charge in [0.05, 0.1) is 6.04 Å². The average molecular weight is 256 g/mol. The van der Waals surface area contributed by atoms with Crippen LogP contribution in [-0.2, 0) is 0 Å². The fourth-order valence-corrected chi connectivity index (χ4v) is 2.37. The summed E-state index contributed by atoms with van der Waals surface area (Å²) >= 11 is 0. The molecule has 0 amide bonds. The molecule has 106 valence electrons. The summed E-state index contributed by atoms with van der Waals surface area (Å²) in [5, 5.41) is 11.8. The summed E-state index contributed by atoms with van der Waals surface area (Å²) in [6.07, 6.45) is 2.59. The molecule has 1 heterocycles. The van der Waals surface area contributed by atoms with E-state index in [1.165, 1.54) is 19.4 Å². The minimum atomic E-state index is 0.0350. The fraction of sp³-hybridized carbons (Fsp3) is 0.923. The van der Waals surface area contributed by atoms with E-state index in [4.69, 9.17) is 10.9 Å². The Morgan fingerprint density at radius 3 is 2.33 bits per heavy atom. The highest BCUT2D eigenvalue weighted by atomic mass is 16.4. The van der Waals surface area contributed by atoms with E-state index in [1.807, 2.05) is 6.92 Å². The molecule has 5 nitrogen and oxygen atoms in total. The number of hydrogen-bond donors (Lipinski definition) is 2. The van der Waals surface area contributed by atoms with Gasteiger partial charge >= 0.3 is 0 Å². The molecule has 0 aliphatic carbocycles. The molecule has 1 fully saturated rings. The molecule has 1 unspecified atom stereocenters. The van der Waals surface area contributed by atoms with Crippen molar-refractivity contribution in [2.75, 3.05) is 32.7 Å². The maximum Gasteiger partial charge on any atom is 0.156 e. The van der Waals surface area contributed by atoms with E-state index in [-0.39, 0.29) is 6.04 Å². The van der Waals surface area contributed by atoms with Crippen molar-refractivity contribution in [2.45, 2.75) is 39.7 Å². The molecule has 1 aliphatic heterocycles. The number of nitrogens with zero attached hydrogens (tertiary/aromatic N) is 3. The maximum atomic E-state index is 8.68. The van der Waals surface area contributed by atoms with Crippen molar-refractivity contribution >= 4 is 5.84 Å². The van der Waals surface area contributed by atoms with Crippen LogP contribution >= 0.6 is 0 Å². The van der Waals surface area contributed by atoms with Crippen LogP contribution in [0.2, 0.25) is 0 Å². The van der Waals surface area contributed by atoms with Crippen LogP contribution in [0.3, 0.4) is 0 Å². The van der Waals surface area contributed by atoms with Gasteiger partial charge in [0.2, 0.25) is 0 Å². The summed E-state index contributed by atoms with van der Waals surface area (Å²) in [6.45, 7) is 11.9. The molecular formula is C13H28N4O. The molecular weight excluding hydrogens is 228 g/mol. The van der Waals surface area contributed by atoms with E-state index in [0.717, 1.165) is 32.1 Å². The Morgan fingerprint density at radius 1 is 1.22 bits per heavy atom. The first-order valence-electron chi connectivity index (χ1n) is 6.98. The third-order valence-corrected chi connectivity index (χ3v) is 3.75. The van der Waals surface area contributed by atoms with Crippen molar-refractivity contribution in [1.29, 1.82) is 0 Å². The maximum absolute atomic E-state index is 8.68. The SMILES string of the molecule is CC(C)CCCN1CCN(C(C)C(N)=NO)CC1. The van der Waals surface area contributed by atoms with Gasteiger partial charge in [0, 0.05) is 26.2 Å². The second-order valence-corrected chi connectivity index (χ2v) is 5.61. The lowest BCUT2D eigenvalue weighted by atomic mass is 10.1. The molecule has 18 heavy (non-hydrogen) atoms. The topological polar surface area (TPSA) is 65.1 Å².